The van der Waals surface area contributed by atoms with Crippen LogP contribution in [0.25, 0.3) is 0 Å². The number of rotatable bonds is 0. The first kappa shape index (κ1) is 4.71. The second-order valence-electron chi connectivity index (χ2n) is 1.21. The SMILES string of the molecule is O=C1NC(Cl)CO1. The van der Waals surface area contributed by atoms with E-state index in [9.17, 15) is 4.79 Å². The Bertz CT molecular complexity index is 94.9. The van der Waals surface area contributed by atoms with Crippen molar-refractivity contribution in [3.63, 3.8) is 0 Å². The Balaban J connectivity index is 2.40. The Morgan fingerprint density at radius 2 is 2.71 bits per heavy atom. The van der Waals surface area contributed by atoms with Crippen molar-refractivity contribution in [3.05, 3.63) is 0 Å². The number of alkyl carbamates (subject to hydrolysis) is 1. The topological polar surface area (TPSA) is 38.3 Å². The highest BCUT2D eigenvalue weighted by atomic mass is 35.5. The molecule has 0 bridgehead atoms. The van der Waals surface area contributed by atoms with Crippen LogP contribution >= 0.6 is 11.6 Å². The van der Waals surface area contributed by atoms with Gasteiger partial charge >= 0.3 is 6.09 Å². The number of halogens is 1. The van der Waals surface area contributed by atoms with Gasteiger partial charge in [-0.15, -0.1) is 0 Å². The largest absolute Gasteiger partial charge is 0.446 e. The van der Waals surface area contributed by atoms with Gasteiger partial charge in [-0.2, -0.15) is 0 Å². The number of alkyl halides is 1. The number of carbonyl (C=O) groups is 1. The van der Waals surface area contributed by atoms with Crippen LogP contribution < -0.4 is 5.32 Å². The highest BCUT2D eigenvalue weighted by Gasteiger charge is 2.18. The van der Waals surface area contributed by atoms with Gasteiger partial charge in [0.25, 0.3) is 0 Å². The summed E-state index contributed by atoms with van der Waals surface area (Å²) in [5.74, 6) is 0. The smallest absolute Gasteiger partial charge is 0.408 e. The Labute approximate surface area is 45.6 Å². The lowest BCUT2D eigenvalue weighted by Gasteiger charge is -1.87. The quantitative estimate of drug-likeness (QED) is 0.370. The van der Waals surface area contributed by atoms with Crippen molar-refractivity contribution in [2.45, 2.75) is 5.50 Å². The molecule has 0 aliphatic carbocycles. The summed E-state index contributed by atoms with van der Waals surface area (Å²) in [6, 6.07) is 0. The Morgan fingerprint density at radius 1 is 2.00 bits per heavy atom. The molecule has 1 unspecified atom stereocenters. The van der Waals surface area contributed by atoms with Gasteiger partial charge in [-0.3, -0.25) is 0 Å². The van der Waals surface area contributed by atoms with E-state index in [2.05, 4.69) is 10.1 Å². The molecule has 1 aliphatic rings. The fourth-order valence-corrected chi connectivity index (χ4v) is 0.512. The number of hydrogen-bond acceptors (Lipinski definition) is 2. The van der Waals surface area contributed by atoms with Crippen LogP contribution in [0, 0.1) is 0 Å². The highest BCUT2D eigenvalue weighted by Crippen LogP contribution is 1.99. The minimum absolute atomic E-state index is 0.278. The minimum Gasteiger partial charge on any atom is -0.446 e. The maximum atomic E-state index is 10.0. The predicted octanol–water partition coefficient (Wildman–Crippen LogP) is 0.291. The van der Waals surface area contributed by atoms with Crippen LogP contribution in [0.2, 0.25) is 0 Å². The van der Waals surface area contributed by atoms with E-state index >= 15 is 0 Å². The molecule has 1 saturated heterocycles. The van der Waals surface area contributed by atoms with E-state index in [-0.39, 0.29) is 12.1 Å². The third-order valence-corrected chi connectivity index (χ3v) is 0.870. The summed E-state index contributed by atoms with van der Waals surface area (Å²) in [6.45, 7) is 0.278. The van der Waals surface area contributed by atoms with Crippen LogP contribution in [0.5, 0.6) is 0 Å². The lowest BCUT2D eigenvalue weighted by Crippen LogP contribution is -2.19. The van der Waals surface area contributed by atoms with Crippen molar-refractivity contribution in [2.24, 2.45) is 0 Å². The van der Waals surface area contributed by atoms with E-state index in [1.807, 2.05) is 0 Å². The summed E-state index contributed by atoms with van der Waals surface area (Å²) in [5.41, 5.74) is -0.326. The van der Waals surface area contributed by atoms with Gasteiger partial charge in [0.2, 0.25) is 0 Å². The van der Waals surface area contributed by atoms with Crippen LogP contribution in [0.1, 0.15) is 0 Å². The van der Waals surface area contributed by atoms with Crippen molar-refractivity contribution in [2.75, 3.05) is 6.61 Å². The van der Waals surface area contributed by atoms with Crippen molar-refractivity contribution in [3.8, 4) is 0 Å². The Kier molecular flexibility index (Phi) is 1.06. The summed E-state index contributed by atoms with van der Waals surface area (Å²) in [4.78, 5) is 10.0. The van der Waals surface area contributed by atoms with Gasteiger partial charge in [0.1, 0.15) is 12.1 Å². The molecule has 1 N–H and O–H groups in total. The van der Waals surface area contributed by atoms with Gasteiger partial charge in [0.05, 0.1) is 0 Å². The first-order valence-electron chi connectivity index (χ1n) is 1.86. The zero-order chi connectivity index (χ0) is 5.28. The maximum absolute atomic E-state index is 10.0. The third-order valence-electron chi connectivity index (χ3n) is 0.635. The average molecular weight is 122 g/mol. The second kappa shape index (κ2) is 1.58. The molecule has 0 saturated carbocycles. The van der Waals surface area contributed by atoms with Crippen LogP contribution in [0.15, 0.2) is 0 Å². The van der Waals surface area contributed by atoms with E-state index in [4.69, 9.17) is 11.6 Å². The van der Waals surface area contributed by atoms with E-state index in [1.165, 1.54) is 0 Å². The van der Waals surface area contributed by atoms with Crippen LogP contribution in [0.3, 0.4) is 0 Å². The highest BCUT2D eigenvalue weighted by molar-refractivity contribution is 6.21. The summed E-state index contributed by atoms with van der Waals surface area (Å²) in [5, 5.41) is 2.32. The first-order chi connectivity index (χ1) is 3.29. The lowest BCUT2D eigenvalue weighted by atomic mass is 10.7. The fourth-order valence-electron chi connectivity index (χ4n) is 0.360. The van der Waals surface area contributed by atoms with Crippen molar-refractivity contribution in [1.82, 2.24) is 5.32 Å². The normalized spacial score (nSPS) is 29.3. The van der Waals surface area contributed by atoms with Crippen LogP contribution in [0.4, 0.5) is 4.79 Å². The summed E-state index contributed by atoms with van der Waals surface area (Å²) in [6.07, 6.45) is -0.431. The fraction of sp³-hybridized carbons (Fsp3) is 0.667. The molecule has 1 heterocycles. The number of carbonyl (C=O) groups excluding carboxylic acids is 1. The first-order valence-corrected chi connectivity index (χ1v) is 2.30. The zero-order valence-corrected chi connectivity index (χ0v) is 4.23. The number of hydrogen-bond donors (Lipinski definition) is 1. The summed E-state index contributed by atoms with van der Waals surface area (Å²) >= 11 is 5.35. The molecule has 0 aromatic carbocycles. The number of cyclic esters (lactones) is 1. The molecule has 0 aromatic heterocycles. The van der Waals surface area contributed by atoms with Crippen molar-refractivity contribution >= 4 is 17.7 Å². The van der Waals surface area contributed by atoms with E-state index in [0.29, 0.717) is 0 Å². The molecular weight excluding hydrogens is 117 g/mol. The molecule has 40 valence electrons. The standard InChI is InChI=1S/C3H4ClNO2/c4-2-1-7-3(6)5-2/h2H,1H2,(H,5,6). The Hall–Kier alpha value is -0.440. The molecule has 0 radical (unpaired) electrons. The molecule has 1 fully saturated rings. The van der Waals surface area contributed by atoms with Gasteiger partial charge < -0.3 is 10.1 Å². The Morgan fingerprint density at radius 3 is 2.86 bits per heavy atom. The molecule has 7 heavy (non-hydrogen) atoms. The monoisotopic (exact) mass is 121 g/mol. The molecule has 1 atom stereocenters. The third kappa shape index (κ3) is 0.962. The number of nitrogens with one attached hydrogen (secondary N) is 1. The molecule has 0 aromatic rings. The van der Waals surface area contributed by atoms with Gasteiger partial charge in [-0.25, -0.2) is 4.79 Å². The lowest BCUT2D eigenvalue weighted by molar-refractivity contribution is 0.178. The zero-order valence-electron chi connectivity index (χ0n) is 3.48. The van der Waals surface area contributed by atoms with Crippen LogP contribution in [-0.4, -0.2) is 18.2 Å². The molecule has 4 heteroatoms. The molecule has 1 rings (SSSR count). The van der Waals surface area contributed by atoms with Crippen LogP contribution in [-0.2, 0) is 4.74 Å². The van der Waals surface area contributed by atoms with Crippen molar-refractivity contribution in [1.29, 1.82) is 0 Å². The number of amides is 1. The predicted molar refractivity (Wildman–Crippen MR) is 24.1 cm³/mol. The minimum atomic E-state index is -0.431. The van der Waals surface area contributed by atoms with Gasteiger partial charge in [0, 0.05) is 0 Å². The molecule has 1 aliphatic heterocycles. The number of ether oxygens (including phenoxy) is 1. The second-order valence-corrected chi connectivity index (χ2v) is 1.74. The van der Waals surface area contributed by atoms with E-state index in [1.54, 1.807) is 0 Å². The summed E-state index contributed by atoms with van der Waals surface area (Å²) in [7, 11) is 0. The molecular formula is C3H4ClNO2. The molecule has 1 amide bonds. The van der Waals surface area contributed by atoms with Gasteiger partial charge in [-0.1, -0.05) is 11.6 Å². The summed E-state index contributed by atoms with van der Waals surface area (Å²) < 4.78 is 4.38. The molecule has 3 nitrogen and oxygen atoms in total. The van der Waals surface area contributed by atoms with E-state index < -0.39 is 6.09 Å². The molecule has 0 spiro atoms. The maximum Gasteiger partial charge on any atom is 0.408 e. The van der Waals surface area contributed by atoms with E-state index in [0.717, 1.165) is 0 Å². The van der Waals surface area contributed by atoms with Gasteiger partial charge in [-0.05, 0) is 0 Å². The average Bonchev–Trinajstić information content (AvgIpc) is 1.87. The van der Waals surface area contributed by atoms with Crippen molar-refractivity contribution < 1.29 is 9.53 Å². The van der Waals surface area contributed by atoms with Gasteiger partial charge in [0.15, 0.2) is 0 Å².